The molecule has 1 aromatic carbocycles. The number of methoxy groups -OCH3 is 1. The highest BCUT2D eigenvalue weighted by molar-refractivity contribution is 5.91. The third kappa shape index (κ3) is 2.68. The van der Waals surface area contributed by atoms with Gasteiger partial charge in [-0.25, -0.2) is 9.97 Å². The van der Waals surface area contributed by atoms with Crippen molar-refractivity contribution in [3.05, 3.63) is 24.5 Å². The molecule has 0 unspecified atom stereocenters. The van der Waals surface area contributed by atoms with Crippen LogP contribution in [0.25, 0.3) is 10.9 Å². The molecule has 0 aliphatic carbocycles. The van der Waals surface area contributed by atoms with E-state index in [1.807, 2.05) is 32.0 Å². The van der Waals surface area contributed by atoms with Gasteiger partial charge in [-0.1, -0.05) is 0 Å². The molecule has 2 rings (SSSR count). The molecule has 5 nitrogen and oxygen atoms in total. The predicted molar refractivity (Wildman–Crippen MR) is 73.5 cm³/mol. The lowest BCUT2D eigenvalue weighted by molar-refractivity contribution is 0.0343. The number of hydrogen-bond acceptors (Lipinski definition) is 5. The molecule has 2 aromatic rings. The average Bonchev–Trinajstić information content (AvgIpc) is 2.36. The van der Waals surface area contributed by atoms with Gasteiger partial charge >= 0.3 is 0 Å². The van der Waals surface area contributed by atoms with Crippen LogP contribution >= 0.6 is 0 Å². The van der Waals surface area contributed by atoms with E-state index in [0.29, 0.717) is 12.2 Å². The van der Waals surface area contributed by atoms with Crippen molar-refractivity contribution in [1.82, 2.24) is 9.97 Å². The van der Waals surface area contributed by atoms with E-state index in [4.69, 9.17) is 10.5 Å². The molecule has 18 heavy (non-hydrogen) atoms. The largest absolute Gasteiger partial charge is 0.399 e. The minimum Gasteiger partial charge on any atom is -0.399 e. The van der Waals surface area contributed by atoms with Crippen LogP contribution in [0.4, 0.5) is 11.5 Å². The van der Waals surface area contributed by atoms with E-state index in [2.05, 4.69) is 15.3 Å². The number of fused-ring (bicyclic) bond motifs is 1. The zero-order valence-corrected chi connectivity index (χ0v) is 10.9. The molecule has 0 atom stereocenters. The molecule has 96 valence electrons. The predicted octanol–water partition coefficient (Wildman–Crippen LogP) is 2.05. The van der Waals surface area contributed by atoms with E-state index in [9.17, 15) is 0 Å². The Morgan fingerprint density at radius 2 is 2.11 bits per heavy atom. The molecule has 0 bridgehead atoms. The summed E-state index contributed by atoms with van der Waals surface area (Å²) in [5.74, 6) is 0.775. The minimum atomic E-state index is -0.252. The third-order valence-corrected chi connectivity index (χ3v) is 2.89. The summed E-state index contributed by atoms with van der Waals surface area (Å²) in [5, 5.41) is 4.20. The average molecular weight is 246 g/mol. The summed E-state index contributed by atoms with van der Waals surface area (Å²) in [5.41, 5.74) is 7.11. The molecule has 5 heteroatoms. The maximum Gasteiger partial charge on any atom is 0.137 e. The quantitative estimate of drug-likeness (QED) is 0.808. The van der Waals surface area contributed by atoms with Crippen molar-refractivity contribution in [2.45, 2.75) is 19.4 Å². The Bertz CT molecular complexity index is 554. The molecule has 0 saturated carbocycles. The van der Waals surface area contributed by atoms with Gasteiger partial charge in [0, 0.05) is 24.7 Å². The Labute approximate surface area is 106 Å². The molecule has 0 radical (unpaired) electrons. The maximum absolute atomic E-state index is 5.79. The number of nitrogen functional groups attached to an aromatic ring is 1. The number of aromatic nitrogens is 2. The number of anilines is 2. The van der Waals surface area contributed by atoms with Gasteiger partial charge in [-0.15, -0.1) is 0 Å². The third-order valence-electron chi connectivity index (χ3n) is 2.89. The second-order valence-corrected chi connectivity index (χ2v) is 4.82. The summed E-state index contributed by atoms with van der Waals surface area (Å²) in [6, 6.07) is 5.59. The van der Waals surface area contributed by atoms with Crippen LogP contribution in [0.2, 0.25) is 0 Å². The van der Waals surface area contributed by atoms with Crippen molar-refractivity contribution >= 4 is 22.4 Å². The van der Waals surface area contributed by atoms with Crippen molar-refractivity contribution in [2.75, 3.05) is 24.7 Å². The van der Waals surface area contributed by atoms with Crippen molar-refractivity contribution in [2.24, 2.45) is 0 Å². The van der Waals surface area contributed by atoms with Crippen molar-refractivity contribution in [3.8, 4) is 0 Å². The van der Waals surface area contributed by atoms with E-state index in [0.717, 1.165) is 16.7 Å². The van der Waals surface area contributed by atoms with E-state index < -0.39 is 0 Å². The summed E-state index contributed by atoms with van der Waals surface area (Å²) in [4.78, 5) is 8.46. The SMILES string of the molecule is COC(C)(C)CNc1ncnc2ccc(N)cc12. The topological polar surface area (TPSA) is 73.1 Å². The lowest BCUT2D eigenvalue weighted by Gasteiger charge is -2.23. The Morgan fingerprint density at radius 1 is 1.33 bits per heavy atom. The first-order valence-corrected chi connectivity index (χ1v) is 5.81. The monoisotopic (exact) mass is 246 g/mol. The molecule has 0 fully saturated rings. The number of hydrogen-bond donors (Lipinski definition) is 2. The molecular formula is C13H18N4O. The van der Waals surface area contributed by atoms with Gasteiger partial charge in [0.1, 0.15) is 12.1 Å². The number of benzene rings is 1. The smallest absolute Gasteiger partial charge is 0.137 e. The maximum atomic E-state index is 5.79. The van der Waals surface area contributed by atoms with E-state index in [1.54, 1.807) is 13.4 Å². The molecule has 1 aromatic heterocycles. The van der Waals surface area contributed by atoms with Crippen LogP contribution in [-0.2, 0) is 4.74 Å². The van der Waals surface area contributed by atoms with Crippen LogP contribution in [-0.4, -0.2) is 29.2 Å². The van der Waals surface area contributed by atoms with E-state index >= 15 is 0 Å². The van der Waals surface area contributed by atoms with Gasteiger partial charge in [-0.05, 0) is 32.0 Å². The fourth-order valence-electron chi connectivity index (χ4n) is 1.58. The van der Waals surface area contributed by atoms with E-state index in [1.165, 1.54) is 0 Å². The van der Waals surface area contributed by atoms with Gasteiger partial charge in [0.15, 0.2) is 0 Å². The van der Waals surface area contributed by atoms with Gasteiger partial charge in [0.25, 0.3) is 0 Å². The second kappa shape index (κ2) is 4.78. The van der Waals surface area contributed by atoms with Crippen LogP contribution in [0.3, 0.4) is 0 Å². The highest BCUT2D eigenvalue weighted by Gasteiger charge is 2.16. The molecule has 1 heterocycles. The number of rotatable bonds is 4. The number of nitrogens with zero attached hydrogens (tertiary/aromatic N) is 2. The first kappa shape index (κ1) is 12.6. The van der Waals surface area contributed by atoms with Gasteiger partial charge < -0.3 is 15.8 Å². The Kier molecular flexibility index (Phi) is 3.34. The minimum absolute atomic E-state index is 0.252. The zero-order chi connectivity index (χ0) is 13.2. The molecule has 0 spiro atoms. The highest BCUT2D eigenvalue weighted by Crippen LogP contribution is 2.22. The molecule has 3 N–H and O–H groups in total. The standard InChI is InChI=1S/C13H18N4O/c1-13(2,18-3)7-15-12-10-6-9(14)4-5-11(10)16-8-17-12/h4-6,8H,7,14H2,1-3H3,(H,15,16,17). The molecule has 0 saturated heterocycles. The van der Waals surface area contributed by atoms with Crippen LogP contribution in [0.15, 0.2) is 24.5 Å². The van der Waals surface area contributed by atoms with Crippen LogP contribution in [0.1, 0.15) is 13.8 Å². The summed E-state index contributed by atoms with van der Waals surface area (Å²) in [6.45, 7) is 4.68. The molecule has 0 aliphatic heterocycles. The van der Waals surface area contributed by atoms with Crippen LogP contribution in [0, 0.1) is 0 Å². The summed E-state index contributed by atoms with van der Waals surface area (Å²) in [6.07, 6.45) is 1.54. The van der Waals surface area contributed by atoms with Crippen LogP contribution < -0.4 is 11.1 Å². The number of nitrogens with two attached hydrogens (primary N) is 1. The second-order valence-electron chi connectivity index (χ2n) is 4.82. The van der Waals surface area contributed by atoms with Gasteiger partial charge in [-0.3, -0.25) is 0 Å². The van der Waals surface area contributed by atoms with Gasteiger partial charge in [0.05, 0.1) is 11.1 Å². The Morgan fingerprint density at radius 3 is 2.83 bits per heavy atom. The van der Waals surface area contributed by atoms with Gasteiger partial charge in [-0.2, -0.15) is 0 Å². The Hall–Kier alpha value is -1.88. The van der Waals surface area contributed by atoms with Crippen molar-refractivity contribution in [1.29, 1.82) is 0 Å². The van der Waals surface area contributed by atoms with Crippen molar-refractivity contribution < 1.29 is 4.74 Å². The summed E-state index contributed by atoms with van der Waals surface area (Å²) >= 11 is 0. The van der Waals surface area contributed by atoms with Crippen LogP contribution in [0.5, 0.6) is 0 Å². The lowest BCUT2D eigenvalue weighted by Crippen LogP contribution is -2.32. The number of ether oxygens (including phenoxy) is 1. The molecule has 0 amide bonds. The fourth-order valence-corrected chi connectivity index (χ4v) is 1.58. The molecule has 0 aliphatic rings. The number of nitrogens with one attached hydrogen (secondary N) is 1. The lowest BCUT2D eigenvalue weighted by atomic mass is 10.1. The Balaban J connectivity index is 2.30. The normalized spacial score (nSPS) is 11.7. The summed E-state index contributed by atoms with van der Waals surface area (Å²) in [7, 11) is 1.69. The zero-order valence-electron chi connectivity index (χ0n) is 10.9. The van der Waals surface area contributed by atoms with E-state index in [-0.39, 0.29) is 5.60 Å². The first-order valence-electron chi connectivity index (χ1n) is 5.81. The fraction of sp³-hybridized carbons (Fsp3) is 0.385. The first-order chi connectivity index (χ1) is 8.52. The molecular weight excluding hydrogens is 228 g/mol. The highest BCUT2D eigenvalue weighted by atomic mass is 16.5. The van der Waals surface area contributed by atoms with Gasteiger partial charge in [0.2, 0.25) is 0 Å². The summed E-state index contributed by atoms with van der Waals surface area (Å²) < 4.78 is 5.36. The van der Waals surface area contributed by atoms with Crippen molar-refractivity contribution in [3.63, 3.8) is 0 Å².